The topological polar surface area (TPSA) is 20.2 Å². The second-order valence-electron chi connectivity index (χ2n) is 5.06. The Hall–Kier alpha value is -0.820. The maximum Gasteiger partial charge on any atom is 0.0484 e. The Kier molecular flexibility index (Phi) is 5.54. The number of benzene rings is 1. The van der Waals surface area contributed by atoms with Gasteiger partial charge < -0.3 is 5.11 Å². The molecule has 0 aliphatic heterocycles. The lowest BCUT2D eigenvalue weighted by Gasteiger charge is -2.27. The molecule has 90 valence electrons. The highest BCUT2D eigenvalue weighted by molar-refractivity contribution is 5.14. The van der Waals surface area contributed by atoms with E-state index in [9.17, 15) is 5.11 Å². The van der Waals surface area contributed by atoms with Gasteiger partial charge in [0, 0.05) is 6.61 Å². The van der Waals surface area contributed by atoms with Crippen LogP contribution in [0.25, 0.3) is 0 Å². The summed E-state index contributed by atoms with van der Waals surface area (Å²) in [5.41, 5.74) is 1.48. The van der Waals surface area contributed by atoms with Crippen LogP contribution in [0, 0.1) is 5.41 Å². The molecule has 0 aromatic heterocycles. The fraction of sp³-hybridized carbons (Fsp3) is 0.600. The number of hydrogen-bond donors (Lipinski definition) is 1. The van der Waals surface area contributed by atoms with Gasteiger partial charge in [-0.05, 0) is 30.2 Å². The van der Waals surface area contributed by atoms with Crippen molar-refractivity contribution in [2.75, 3.05) is 6.61 Å². The van der Waals surface area contributed by atoms with Gasteiger partial charge in [0.1, 0.15) is 0 Å². The number of rotatable bonds is 7. The van der Waals surface area contributed by atoms with Crippen LogP contribution in [-0.2, 0) is 6.42 Å². The van der Waals surface area contributed by atoms with Crippen molar-refractivity contribution in [3.63, 3.8) is 0 Å². The summed E-state index contributed by atoms with van der Waals surface area (Å²) in [6.45, 7) is 4.71. The summed E-state index contributed by atoms with van der Waals surface area (Å²) >= 11 is 0. The molecule has 1 rings (SSSR count). The van der Waals surface area contributed by atoms with Gasteiger partial charge in [-0.25, -0.2) is 0 Å². The van der Waals surface area contributed by atoms with Gasteiger partial charge in [0.15, 0.2) is 0 Å². The molecule has 0 saturated carbocycles. The van der Waals surface area contributed by atoms with E-state index in [-0.39, 0.29) is 5.41 Å². The quantitative estimate of drug-likeness (QED) is 0.741. The summed E-state index contributed by atoms with van der Waals surface area (Å²) in [5.74, 6) is 0. The normalized spacial score (nSPS) is 14.7. The highest BCUT2D eigenvalue weighted by Gasteiger charge is 2.22. The van der Waals surface area contributed by atoms with Gasteiger partial charge in [0.2, 0.25) is 0 Å². The second-order valence-corrected chi connectivity index (χ2v) is 5.06. The van der Waals surface area contributed by atoms with Gasteiger partial charge in [-0.1, -0.05) is 57.0 Å². The van der Waals surface area contributed by atoms with E-state index >= 15 is 0 Å². The lowest BCUT2D eigenvalue weighted by molar-refractivity contribution is 0.120. The van der Waals surface area contributed by atoms with Crippen LogP contribution >= 0.6 is 0 Å². The average molecular weight is 220 g/mol. The van der Waals surface area contributed by atoms with Gasteiger partial charge in [-0.3, -0.25) is 0 Å². The zero-order valence-electron chi connectivity index (χ0n) is 10.6. The van der Waals surface area contributed by atoms with Gasteiger partial charge in [-0.15, -0.1) is 0 Å². The molecular weight excluding hydrogens is 196 g/mol. The number of hydrogen-bond acceptors (Lipinski definition) is 1. The minimum absolute atomic E-state index is 0.103. The van der Waals surface area contributed by atoms with Crippen molar-refractivity contribution in [2.45, 2.75) is 46.0 Å². The fourth-order valence-electron chi connectivity index (χ4n) is 1.98. The molecule has 1 aromatic carbocycles. The Labute approximate surface area is 99.5 Å². The van der Waals surface area contributed by atoms with E-state index in [1.165, 1.54) is 18.4 Å². The molecule has 0 spiro atoms. The lowest BCUT2D eigenvalue weighted by atomic mass is 9.80. The molecular formula is C15H24O. The Bertz CT molecular complexity index is 281. The Morgan fingerprint density at radius 3 is 2.38 bits per heavy atom. The van der Waals surface area contributed by atoms with E-state index in [1.807, 2.05) is 6.07 Å². The highest BCUT2D eigenvalue weighted by atomic mass is 16.3. The first-order valence-electron chi connectivity index (χ1n) is 6.35. The van der Waals surface area contributed by atoms with Crippen molar-refractivity contribution >= 4 is 0 Å². The van der Waals surface area contributed by atoms with Crippen LogP contribution in [0.1, 0.15) is 45.1 Å². The predicted molar refractivity (Wildman–Crippen MR) is 69.5 cm³/mol. The molecule has 1 heteroatoms. The molecule has 0 bridgehead atoms. The summed E-state index contributed by atoms with van der Waals surface area (Å²) in [4.78, 5) is 0. The van der Waals surface area contributed by atoms with Crippen molar-refractivity contribution in [1.82, 2.24) is 0 Å². The van der Waals surface area contributed by atoms with E-state index < -0.39 is 0 Å². The molecule has 0 unspecified atom stereocenters. The largest absolute Gasteiger partial charge is 0.396 e. The second kappa shape index (κ2) is 6.70. The molecule has 16 heavy (non-hydrogen) atoms. The molecule has 0 radical (unpaired) electrons. The molecule has 1 nitrogen and oxygen atoms in total. The van der Waals surface area contributed by atoms with Crippen LogP contribution in [0.5, 0.6) is 0 Å². The van der Waals surface area contributed by atoms with Crippen LogP contribution in [0.3, 0.4) is 0 Å². The Balaban J connectivity index is 2.44. The number of aryl methyl sites for hydroxylation is 1. The minimum atomic E-state index is 0.103. The van der Waals surface area contributed by atoms with Gasteiger partial charge >= 0.3 is 0 Å². The molecule has 1 atom stereocenters. The summed E-state index contributed by atoms with van der Waals surface area (Å²) in [6, 6.07) is 10.5. The van der Waals surface area contributed by atoms with Crippen molar-refractivity contribution in [3.8, 4) is 0 Å². The number of aliphatic hydroxyl groups is 1. The first-order chi connectivity index (χ1) is 7.70. The maximum absolute atomic E-state index is 9.49. The summed E-state index contributed by atoms with van der Waals surface area (Å²) in [6.07, 6.45) is 5.70. The van der Waals surface area contributed by atoms with Crippen molar-refractivity contribution in [2.24, 2.45) is 5.41 Å². The van der Waals surface area contributed by atoms with Crippen LogP contribution in [0.4, 0.5) is 0 Å². The SMILES string of the molecule is CCCC[C@@](C)(CO)CCc1ccccc1. The van der Waals surface area contributed by atoms with Gasteiger partial charge in [-0.2, -0.15) is 0 Å². The zero-order chi connectivity index (χ0) is 11.9. The van der Waals surface area contributed by atoms with E-state index in [1.54, 1.807) is 0 Å². The molecule has 0 saturated heterocycles. The van der Waals surface area contributed by atoms with E-state index in [4.69, 9.17) is 0 Å². The van der Waals surface area contributed by atoms with Crippen LogP contribution in [0.15, 0.2) is 30.3 Å². The van der Waals surface area contributed by atoms with Crippen molar-refractivity contribution < 1.29 is 5.11 Å². The van der Waals surface area contributed by atoms with Crippen LogP contribution in [-0.4, -0.2) is 11.7 Å². The Morgan fingerprint density at radius 1 is 1.12 bits per heavy atom. The number of unbranched alkanes of at least 4 members (excludes halogenated alkanes) is 1. The fourth-order valence-corrected chi connectivity index (χ4v) is 1.98. The number of aliphatic hydroxyl groups excluding tert-OH is 1. The first-order valence-corrected chi connectivity index (χ1v) is 6.35. The van der Waals surface area contributed by atoms with Gasteiger partial charge in [0.25, 0.3) is 0 Å². The highest BCUT2D eigenvalue weighted by Crippen LogP contribution is 2.29. The van der Waals surface area contributed by atoms with Crippen molar-refractivity contribution in [3.05, 3.63) is 35.9 Å². The molecule has 0 aliphatic carbocycles. The third-order valence-corrected chi connectivity index (χ3v) is 3.38. The summed E-state index contributed by atoms with van der Waals surface area (Å²) in [7, 11) is 0. The first kappa shape index (κ1) is 13.2. The maximum atomic E-state index is 9.49. The monoisotopic (exact) mass is 220 g/mol. The smallest absolute Gasteiger partial charge is 0.0484 e. The van der Waals surface area contributed by atoms with Crippen molar-refractivity contribution in [1.29, 1.82) is 0 Å². The zero-order valence-corrected chi connectivity index (χ0v) is 10.6. The van der Waals surface area contributed by atoms with Gasteiger partial charge in [0.05, 0.1) is 0 Å². The van der Waals surface area contributed by atoms with Crippen LogP contribution < -0.4 is 0 Å². The minimum Gasteiger partial charge on any atom is -0.396 e. The summed E-state index contributed by atoms with van der Waals surface area (Å²) < 4.78 is 0. The molecule has 0 aliphatic rings. The third-order valence-electron chi connectivity index (χ3n) is 3.38. The molecule has 1 aromatic rings. The lowest BCUT2D eigenvalue weighted by Crippen LogP contribution is -2.22. The standard InChI is InChI=1S/C15H24O/c1-3-4-11-15(2,13-16)12-10-14-8-6-5-7-9-14/h5-9,16H,3-4,10-13H2,1-2H3/t15-/m1/s1. The average Bonchev–Trinajstić information content (AvgIpc) is 2.35. The summed E-state index contributed by atoms with van der Waals surface area (Å²) in [5, 5.41) is 9.49. The van der Waals surface area contributed by atoms with E-state index in [0.717, 1.165) is 19.3 Å². The molecule has 0 heterocycles. The van der Waals surface area contributed by atoms with Crippen LogP contribution in [0.2, 0.25) is 0 Å². The third kappa shape index (κ3) is 4.36. The molecule has 0 fully saturated rings. The van der Waals surface area contributed by atoms with E-state index in [0.29, 0.717) is 6.61 Å². The molecule has 0 amide bonds. The predicted octanol–water partition coefficient (Wildman–Crippen LogP) is 3.81. The molecule has 1 N–H and O–H groups in total. The van der Waals surface area contributed by atoms with E-state index in [2.05, 4.69) is 38.1 Å². The Morgan fingerprint density at radius 2 is 1.81 bits per heavy atom.